The molecule has 0 saturated carbocycles. The van der Waals surface area contributed by atoms with E-state index in [1.165, 1.54) is 5.69 Å². The van der Waals surface area contributed by atoms with E-state index in [1.54, 1.807) is 0 Å². The first-order valence-electron chi connectivity index (χ1n) is 10.4. The second-order valence-corrected chi connectivity index (χ2v) is 8.74. The summed E-state index contributed by atoms with van der Waals surface area (Å²) in [5.74, 6) is 0.362. The van der Waals surface area contributed by atoms with Gasteiger partial charge in [-0.2, -0.15) is 0 Å². The first-order valence-corrected chi connectivity index (χ1v) is 11.1. The highest BCUT2D eigenvalue weighted by Crippen LogP contribution is 2.28. The minimum Gasteiger partial charge on any atom is -0.368 e. The average molecular weight is 432 g/mol. The molecule has 4 rings (SSSR count). The molecule has 154 valence electrons. The number of piperazine rings is 1. The Kier molecular flexibility index (Phi) is 6.63. The largest absolute Gasteiger partial charge is 0.368 e. The molecule has 2 aromatic rings. The number of likely N-dealkylation sites (tertiary alicyclic amines) is 1. The normalized spacial score (nSPS) is 20.7. The maximum Gasteiger partial charge on any atom is 0.227 e. The predicted molar refractivity (Wildman–Crippen MR) is 120 cm³/mol. The molecule has 0 N–H and O–H groups in total. The van der Waals surface area contributed by atoms with Crippen LogP contribution < -0.4 is 4.90 Å². The van der Waals surface area contributed by atoms with Crippen molar-refractivity contribution in [2.24, 2.45) is 5.92 Å². The van der Waals surface area contributed by atoms with Gasteiger partial charge in [-0.1, -0.05) is 47.5 Å². The number of rotatable bonds is 4. The lowest BCUT2D eigenvalue weighted by Gasteiger charge is -2.39. The van der Waals surface area contributed by atoms with Gasteiger partial charge in [0.1, 0.15) is 0 Å². The highest BCUT2D eigenvalue weighted by molar-refractivity contribution is 6.35. The van der Waals surface area contributed by atoms with Crippen LogP contribution >= 0.6 is 23.2 Å². The van der Waals surface area contributed by atoms with Crippen LogP contribution in [0, 0.1) is 5.92 Å². The molecule has 1 atom stereocenters. The molecule has 1 unspecified atom stereocenters. The predicted octanol–water partition coefficient (Wildman–Crippen LogP) is 4.55. The van der Waals surface area contributed by atoms with Gasteiger partial charge in [0.25, 0.3) is 0 Å². The number of piperidine rings is 1. The topological polar surface area (TPSA) is 26.8 Å². The van der Waals surface area contributed by atoms with E-state index < -0.39 is 0 Å². The van der Waals surface area contributed by atoms with E-state index in [4.69, 9.17) is 23.2 Å². The van der Waals surface area contributed by atoms with E-state index in [-0.39, 0.29) is 5.92 Å². The maximum absolute atomic E-state index is 13.2. The first-order chi connectivity index (χ1) is 14.1. The van der Waals surface area contributed by atoms with Crippen LogP contribution in [0.2, 0.25) is 10.0 Å². The van der Waals surface area contributed by atoms with Crippen molar-refractivity contribution in [3.63, 3.8) is 0 Å². The molecule has 0 bridgehead atoms. The van der Waals surface area contributed by atoms with Gasteiger partial charge in [-0.25, -0.2) is 0 Å². The van der Waals surface area contributed by atoms with Crippen LogP contribution in [0.1, 0.15) is 18.4 Å². The second kappa shape index (κ2) is 9.38. The third-order valence-corrected chi connectivity index (χ3v) is 6.72. The fourth-order valence-corrected chi connectivity index (χ4v) is 4.91. The van der Waals surface area contributed by atoms with Crippen molar-refractivity contribution in [3.05, 3.63) is 64.1 Å². The quantitative estimate of drug-likeness (QED) is 0.709. The molecule has 0 aliphatic carbocycles. The Balaban J connectivity index is 1.33. The van der Waals surface area contributed by atoms with Crippen molar-refractivity contribution in [1.82, 2.24) is 9.80 Å². The smallest absolute Gasteiger partial charge is 0.227 e. The van der Waals surface area contributed by atoms with Crippen LogP contribution in [0.3, 0.4) is 0 Å². The lowest BCUT2D eigenvalue weighted by atomic mass is 9.95. The van der Waals surface area contributed by atoms with Gasteiger partial charge in [0.15, 0.2) is 0 Å². The summed E-state index contributed by atoms with van der Waals surface area (Å²) < 4.78 is 0. The van der Waals surface area contributed by atoms with Crippen molar-refractivity contribution >= 4 is 34.8 Å². The molecule has 4 nitrogen and oxygen atoms in total. The van der Waals surface area contributed by atoms with Crippen molar-refractivity contribution in [3.8, 4) is 0 Å². The fraction of sp³-hybridized carbons (Fsp3) is 0.435. The maximum atomic E-state index is 13.2. The van der Waals surface area contributed by atoms with E-state index in [9.17, 15) is 4.79 Å². The lowest BCUT2D eigenvalue weighted by molar-refractivity contribution is -0.137. The van der Waals surface area contributed by atoms with Gasteiger partial charge in [0, 0.05) is 60.6 Å². The van der Waals surface area contributed by atoms with Crippen molar-refractivity contribution < 1.29 is 4.79 Å². The molecule has 2 saturated heterocycles. The summed E-state index contributed by atoms with van der Waals surface area (Å²) >= 11 is 12.7. The SMILES string of the molecule is O=C(C1CCCN(Cc2c(Cl)cccc2Cl)C1)N1CCN(c2ccccc2)CC1. The van der Waals surface area contributed by atoms with E-state index in [0.29, 0.717) is 22.5 Å². The second-order valence-electron chi connectivity index (χ2n) is 7.92. The molecule has 0 aromatic heterocycles. The minimum absolute atomic E-state index is 0.0632. The van der Waals surface area contributed by atoms with Crippen LogP contribution in [-0.4, -0.2) is 55.0 Å². The van der Waals surface area contributed by atoms with Crippen LogP contribution in [0.15, 0.2) is 48.5 Å². The molecule has 2 heterocycles. The van der Waals surface area contributed by atoms with E-state index in [1.807, 2.05) is 24.3 Å². The lowest BCUT2D eigenvalue weighted by Crippen LogP contribution is -2.52. The summed E-state index contributed by atoms with van der Waals surface area (Å²) in [5.41, 5.74) is 2.19. The Morgan fingerprint density at radius 1 is 0.897 bits per heavy atom. The summed E-state index contributed by atoms with van der Waals surface area (Å²) in [7, 11) is 0. The van der Waals surface area contributed by atoms with Gasteiger partial charge in [-0.3, -0.25) is 9.69 Å². The molecular formula is C23H27Cl2N3O. The molecule has 0 spiro atoms. The highest BCUT2D eigenvalue weighted by Gasteiger charge is 2.31. The van der Waals surface area contributed by atoms with E-state index >= 15 is 0 Å². The van der Waals surface area contributed by atoms with E-state index in [2.05, 4.69) is 39.0 Å². The Hall–Kier alpha value is -1.75. The number of para-hydroxylation sites is 1. The van der Waals surface area contributed by atoms with Gasteiger partial charge in [0.2, 0.25) is 5.91 Å². The summed E-state index contributed by atoms with van der Waals surface area (Å²) in [6.45, 7) is 5.82. The number of amides is 1. The monoisotopic (exact) mass is 431 g/mol. The number of benzene rings is 2. The van der Waals surface area contributed by atoms with E-state index in [0.717, 1.165) is 57.7 Å². The third kappa shape index (κ3) is 4.88. The minimum atomic E-state index is 0.0632. The number of hydrogen-bond donors (Lipinski definition) is 0. The van der Waals surface area contributed by atoms with Crippen LogP contribution in [0.25, 0.3) is 0 Å². The molecule has 2 aliphatic heterocycles. The molecule has 2 aliphatic rings. The number of anilines is 1. The van der Waals surface area contributed by atoms with Crippen LogP contribution in [-0.2, 0) is 11.3 Å². The van der Waals surface area contributed by atoms with Crippen molar-refractivity contribution in [2.75, 3.05) is 44.2 Å². The van der Waals surface area contributed by atoms with Crippen LogP contribution in [0.4, 0.5) is 5.69 Å². The number of carbonyl (C=O) groups excluding carboxylic acids is 1. The third-order valence-electron chi connectivity index (χ3n) is 6.01. The number of nitrogens with zero attached hydrogens (tertiary/aromatic N) is 3. The van der Waals surface area contributed by atoms with Gasteiger partial charge in [0.05, 0.1) is 5.92 Å². The van der Waals surface area contributed by atoms with Crippen LogP contribution in [0.5, 0.6) is 0 Å². The van der Waals surface area contributed by atoms with Crippen molar-refractivity contribution in [2.45, 2.75) is 19.4 Å². The Labute approximate surface area is 183 Å². The molecule has 1 amide bonds. The zero-order chi connectivity index (χ0) is 20.2. The number of halogens is 2. The zero-order valence-corrected chi connectivity index (χ0v) is 18.1. The first kappa shape index (κ1) is 20.5. The summed E-state index contributed by atoms with van der Waals surface area (Å²) in [5, 5.41) is 1.39. The Bertz CT molecular complexity index is 817. The van der Waals surface area contributed by atoms with Crippen molar-refractivity contribution in [1.29, 1.82) is 0 Å². The van der Waals surface area contributed by atoms with Gasteiger partial charge in [-0.05, 0) is 43.7 Å². The average Bonchev–Trinajstić information content (AvgIpc) is 2.77. The van der Waals surface area contributed by atoms with Gasteiger partial charge >= 0.3 is 0 Å². The Morgan fingerprint density at radius 3 is 2.28 bits per heavy atom. The molecule has 2 aromatic carbocycles. The molecule has 0 radical (unpaired) electrons. The molecular weight excluding hydrogens is 405 g/mol. The van der Waals surface area contributed by atoms with Gasteiger partial charge < -0.3 is 9.80 Å². The zero-order valence-electron chi connectivity index (χ0n) is 16.6. The highest BCUT2D eigenvalue weighted by atomic mass is 35.5. The summed E-state index contributed by atoms with van der Waals surface area (Å²) in [4.78, 5) is 19.9. The number of hydrogen-bond acceptors (Lipinski definition) is 3. The molecule has 29 heavy (non-hydrogen) atoms. The summed E-state index contributed by atoms with van der Waals surface area (Å²) in [6.07, 6.45) is 1.99. The summed E-state index contributed by atoms with van der Waals surface area (Å²) in [6, 6.07) is 16.1. The molecule has 6 heteroatoms. The van der Waals surface area contributed by atoms with Gasteiger partial charge in [-0.15, -0.1) is 0 Å². The fourth-order valence-electron chi connectivity index (χ4n) is 4.39. The Morgan fingerprint density at radius 2 is 1.59 bits per heavy atom. The molecule has 2 fully saturated rings. The number of carbonyl (C=O) groups is 1. The standard InChI is InChI=1S/C23H27Cl2N3O/c24-21-9-4-10-22(25)20(21)17-26-11-5-6-18(16-26)23(29)28-14-12-27(13-15-28)19-7-2-1-3-8-19/h1-4,7-10,18H,5-6,11-17H2.